The van der Waals surface area contributed by atoms with E-state index < -0.39 is 0 Å². The summed E-state index contributed by atoms with van der Waals surface area (Å²) in [6.45, 7) is 2.94. The monoisotopic (exact) mass is 361 g/mol. The van der Waals surface area contributed by atoms with E-state index in [0.29, 0.717) is 13.2 Å². The number of amides is 2. The van der Waals surface area contributed by atoms with Crippen LogP contribution in [0.25, 0.3) is 0 Å². The van der Waals surface area contributed by atoms with E-state index in [-0.39, 0.29) is 6.03 Å². The number of hydrogen-bond acceptors (Lipinski definition) is 3. The molecule has 1 aromatic heterocycles. The number of para-hydroxylation sites is 1. The third kappa shape index (κ3) is 5.57. The van der Waals surface area contributed by atoms with Crippen LogP contribution in [-0.2, 0) is 19.6 Å². The highest BCUT2D eigenvalue weighted by molar-refractivity contribution is 5.90. The summed E-state index contributed by atoms with van der Waals surface area (Å²) in [5.41, 5.74) is 3.84. The standard InChI is InChI=1S/C22H23N3O2/c1-2-18-7-3-4-9-21(18)25-22(26)24-15-17-10-12-20(13-11-17)27-16-19-8-5-6-14-23-19/h3-14H,2,15-16H2,1H3,(H2,24,25,26). The Labute approximate surface area is 159 Å². The third-order valence-electron chi connectivity index (χ3n) is 4.14. The van der Waals surface area contributed by atoms with Crippen molar-refractivity contribution in [3.05, 3.63) is 89.7 Å². The second kappa shape index (κ2) is 9.38. The number of pyridine rings is 1. The highest BCUT2D eigenvalue weighted by Gasteiger charge is 2.05. The molecule has 5 nitrogen and oxygen atoms in total. The second-order valence-electron chi connectivity index (χ2n) is 6.07. The van der Waals surface area contributed by atoms with E-state index in [2.05, 4.69) is 22.5 Å². The molecule has 2 amide bonds. The normalized spacial score (nSPS) is 10.3. The minimum absolute atomic E-state index is 0.216. The molecule has 2 N–H and O–H groups in total. The number of ether oxygens (including phenoxy) is 1. The molecule has 0 aliphatic rings. The largest absolute Gasteiger partial charge is 0.487 e. The van der Waals surface area contributed by atoms with Crippen molar-refractivity contribution in [3.8, 4) is 5.75 Å². The van der Waals surface area contributed by atoms with Gasteiger partial charge in [-0.2, -0.15) is 0 Å². The molecule has 0 saturated carbocycles. The van der Waals surface area contributed by atoms with Crippen LogP contribution in [0.3, 0.4) is 0 Å². The van der Waals surface area contributed by atoms with Crippen LogP contribution in [0.5, 0.6) is 5.75 Å². The van der Waals surface area contributed by atoms with Crippen molar-refractivity contribution in [2.24, 2.45) is 0 Å². The fourth-order valence-corrected chi connectivity index (χ4v) is 2.64. The van der Waals surface area contributed by atoms with E-state index in [4.69, 9.17) is 4.74 Å². The van der Waals surface area contributed by atoms with E-state index in [1.165, 1.54) is 0 Å². The number of aromatic nitrogens is 1. The van der Waals surface area contributed by atoms with Crippen LogP contribution in [-0.4, -0.2) is 11.0 Å². The highest BCUT2D eigenvalue weighted by Crippen LogP contribution is 2.16. The van der Waals surface area contributed by atoms with E-state index in [1.54, 1.807) is 6.20 Å². The van der Waals surface area contributed by atoms with Gasteiger partial charge in [-0.1, -0.05) is 43.3 Å². The molecule has 3 aromatic rings. The molecule has 0 saturated heterocycles. The Morgan fingerprint density at radius 3 is 2.52 bits per heavy atom. The molecule has 0 aliphatic heterocycles. The number of rotatable bonds is 7. The Morgan fingerprint density at radius 1 is 1.00 bits per heavy atom. The first-order valence-corrected chi connectivity index (χ1v) is 8.99. The van der Waals surface area contributed by atoms with Crippen LogP contribution in [0.15, 0.2) is 72.9 Å². The first kappa shape index (κ1) is 18.5. The minimum Gasteiger partial charge on any atom is -0.487 e. The number of nitrogens with zero attached hydrogens (tertiary/aromatic N) is 1. The van der Waals surface area contributed by atoms with Gasteiger partial charge in [-0.15, -0.1) is 0 Å². The summed E-state index contributed by atoms with van der Waals surface area (Å²) in [7, 11) is 0. The smallest absolute Gasteiger partial charge is 0.319 e. The topological polar surface area (TPSA) is 63.2 Å². The molecule has 27 heavy (non-hydrogen) atoms. The van der Waals surface area contributed by atoms with Crippen molar-refractivity contribution in [2.75, 3.05) is 5.32 Å². The van der Waals surface area contributed by atoms with Gasteiger partial charge in [0, 0.05) is 18.4 Å². The Morgan fingerprint density at radius 2 is 1.78 bits per heavy atom. The first-order valence-electron chi connectivity index (χ1n) is 8.99. The average molecular weight is 361 g/mol. The van der Waals surface area contributed by atoms with Crippen LogP contribution in [0.2, 0.25) is 0 Å². The van der Waals surface area contributed by atoms with Crippen LogP contribution < -0.4 is 15.4 Å². The van der Waals surface area contributed by atoms with Gasteiger partial charge in [0.15, 0.2) is 0 Å². The minimum atomic E-state index is -0.216. The van der Waals surface area contributed by atoms with Crippen LogP contribution in [0.4, 0.5) is 10.5 Å². The molecular weight excluding hydrogens is 338 g/mol. The predicted octanol–water partition coefficient (Wildman–Crippen LogP) is 4.54. The molecular formula is C22H23N3O2. The molecule has 138 valence electrons. The zero-order chi connectivity index (χ0) is 18.9. The molecule has 0 unspecified atom stereocenters. The van der Waals surface area contributed by atoms with Crippen LogP contribution in [0.1, 0.15) is 23.7 Å². The molecule has 2 aromatic carbocycles. The highest BCUT2D eigenvalue weighted by atomic mass is 16.5. The summed E-state index contributed by atoms with van der Waals surface area (Å²) in [5.74, 6) is 0.769. The number of aryl methyl sites for hydroxylation is 1. The van der Waals surface area contributed by atoms with Gasteiger partial charge in [0.25, 0.3) is 0 Å². The van der Waals surface area contributed by atoms with Gasteiger partial charge in [-0.3, -0.25) is 4.98 Å². The molecule has 0 spiro atoms. The van der Waals surface area contributed by atoms with Gasteiger partial charge in [-0.25, -0.2) is 4.79 Å². The molecule has 0 bridgehead atoms. The van der Waals surface area contributed by atoms with Gasteiger partial charge in [0.2, 0.25) is 0 Å². The number of carbonyl (C=O) groups is 1. The summed E-state index contributed by atoms with van der Waals surface area (Å²) < 4.78 is 5.71. The number of urea groups is 1. The lowest BCUT2D eigenvalue weighted by atomic mass is 10.1. The third-order valence-corrected chi connectivity index (χ3v) is 4.14. The summed E-state index contributed by atoms with van der Waals surface area (Å²) in [6.07, 6.45) is 2.62. The van der Waals surface area contributed by atoms with Gasteiger partial charge in [-0.05, 0) is 47.9 Å². The van der Waals surface area contributed by atoms with Crippen molar-refractivity contribution in [2.45, 2.75) is 26.5 Å². The molecule has 1 heterocycles. The zero-order valence-electron chi connectivity index (χ0n) is 15.3. The van der Waals surface area contributed by atoms with E-state index in [1.807, 2.05) is 66.7 Å². The molecule has 0 fully saturated rings. The summed E-state index contributed by atoms with van der Waals surface area (Å²) in [6, 6.07) is 21.0. The number of hydrogen-bond donors (Lipinski definition) is 2. The van der Waals surface area contributed by atoms with Gasteiger partial charge >= 0.3 is 6.03 Å². The maximum atomic E-state index is 12.1. The maximum absolute atomic E-state index is 12.1. The number of anilines is 1. The van der Waals surface area contributed by atoms with Gasteiger partial charge < -0.3 is 15.4 Å². The summed E-state index contributed by atoms with van der Waals surface area (Å²) >= 11 is 0. The van der Waals surface area contributed by atoms with Gasteiger partial charge in [0.05, 0.1) is 5.69 Å². The Balaban J connectivity index is 1.47. The number of benzene rings is 2. The van der Waals surface area contributed by atoms with Crippen molar-refractivity contribution in [1.29, 1.82) is 0 Å². The quantitative estimate of drug-likeness (QED) is 0.649. The lowest BCUT2D eigenvalue weighted by molar-refractivity contribution is 0.251. The lowest BCUT2D eigenvalue weighted by Crippen LogP contribution is -2.28. The average Bonchev–Trinajstić information content (AvgIpc) is 2.72. The Bertz CT molecular complexity index is 864. The van der Waals surface area contributed by atoms with E-state index in [0.717, 1.165) is 34.7 Å². The lowest BCUT2D eigenvalue weighted by Gasteiger charge is -2.11. The fourth-order valence-electron chi connectivity index (χ4n) is 2.64. The number of nitrogens with one attached hydrogen (secondary N) is 2. The molecule has 0 atom stereocenters. The molecule has 0 radical (unpaired) electrons. The van der Waals surface area contributed by atoms with Gasteiger partial charge in [0.1, 0.15) is 12.4 Å². The van der Waals surface area contributed by atoms with Crippen molar-refractivity contribution < 1.29 is 9.53 Å². The van der Waals surface area contributed by atoms with Crippen LogP contribution in [0, 0.1) is 0 Å². The van der Waals surface area contributed by atoms with Crippen molar-refractivity contribution >= 4 is 11.7 Å². The first-order chi connectivity index (χ1) is 13.2. The maximum Gasteiger partial charge on any atom is 0.319 e. The summed E-state index contributed by atoms with van der Waals surface area (Å²) in [4.78, 5) is 16.4. The Hall–Kier alpha value is -3.34. The molecule has 5 heteroatoms. The second-order valence-corrected chi connectivity index (χ2v) is 6.07. The molecule has 0 aliphatic carbocycles. The van der Waals surface area contributed by atoms with E-state index in [9.17, 15) is 4.79 Å². The SMILES string of the molecule is CCc1ccccc1NC(=O)NCc1ccc(OCc2ccccn2)cc1. The molecule has 3 rings (SSSR count). The Kier molecular flexibility index (Phi) is 6.41. The van der Waals surface area contributed by atoms with Crippen LogP contribution >= 0.6 is 0 Å². The van der Waals surface area contributed by atoms with E-state index >= 15 is 0 Å². The van der Waals surface area contributed by atoms with Crippen molar-refractivity contribution in [3.63, 3.8) is 0 Å². The fraction of sp³-hybridized carbons (Fsp3) is 0.182. The summed E-state index contributed by atoms with van der Waals surface area (Å²) in [5, 5.41) is 5.78. The number of carbonyl (C=O) groups excluding carboxylic acids is 1. The predicted molar refractivity (Wildman–Crippen MR) is 107 cm³/mol. The van der Waals surface area contributed by atoms with Crippen molar-refractivity contribution in [1.82, 2.24) is 10.3 Å². The zero-order valence-corrected chi connectivity index (χ0v) is 15.3.